The van der Waals surface area contributed by atoms with Crippen LogP contribution in [0.15, 0.2) is 30.6 Å². The molecule has 0 amide bonds. The van der Waals surface area contributed by atoms with Crippen LogP contribution in [0.25, 0.3) is 5.69 Å². The van der Waals surface area contributed by atoms with Crippen LogP contribution in [-0.2, 0) is 0 Å². The Hall–Kier alpha value is -1.55. The van der Waals surface area contributed by atoms with Crippen LogP contribution in [0.5, 0.6) is 0 Å². The van der Waals surface area contributed by atoms with Gasteiger partial charge in [-0.3, -0.25) is 4.57 Å². The molecule has 5 heteroatoms. The first-order valence-corrected chi connectivity index (χ1v) is 4.77. The molecular weight excluding hydrogens is 217 g/mol. The average Bonchev–Trinajstić information content (AvgIpc) is 2.70. The Morgan fingerprint density at radius 2 is 2.27 bits per heavy atom. The smallest absolute Gasteiger partial charge is 0.207 e. The molecular formula is C10H9ClFN3. The van der Waals surface area contributed by atoms with E-state index in [0.29, 0.717) is 11.6 Å². The first-order chi connectivity index (χ1) is 7.24. The highest BCUT2D eigenvalue weighted by Crippen LogP contribution is 2.23. The van der Waals surface area contributed by atoms with Gasteiger partial charge < -0.3 is 5.32 Å². The Morgan fingerprint density at radius 3 is 3.00 bits per heavy atom. The van der Waals surface area contributed by atoms with Crippen LogP contribution in [0.1, 0.15) is 0 Å². The number of nitrogens with zero attached hydrogens (tertiary/aromatic N) is 2. The molecule has 0 aliphatic heterocycles. The molecule has 78 valence electrons. The molecule has 1 heterocycles. The van der Waals surface area contributed by atoms with Gasteiger partial charge in [-0.15, -0.1) is 0 Å². The summed E-state index contributed by atoms with van der Waals surface area (Å²) in [6.45, 7) is 0. The van der Waals surface area contributed by atoms with E-state index in [9.17, 15) is 4.39 Å². The fourth-order valence-corrected chi connectivity index (χ4v) is 1.53. The van der Waals surface area contributed by atoms with Gasteiger partial charge in [0.15, 0.2) is 5.82 Å². The van der Waals surface area contributed by atoms with Gasteiger partial charge in [0.25, 0.3) is 0 Å². The Kier molecular flexibility index (Phi) is 2.60. The Morgan fingerprint density at radius 1 is 1.47 bits per heavy atom. The first-order valence-electron chi connectivity index (χ1n) is 4.39. The molecule has 0 unspecified atom stereocenters. The Bertz CT molecular complexity index is 481. The monoisotopic (exact) mass is 225 g/mol. The molecule has 0 saturated heterocycles. The summed E-state index contributed by atoms with van der Waals surface area (Å²) in [7, 11) is 1.72. The number of benzene rings is 1. The predicted molar refractivity (Wildman–Crippen MR) is 58.1 cm³/mol. The van der Waals surface area contributed by atoms with Crippen molar-refractivity contribution in [2.24, 2.45) is 0 Å². The summed E-state index contributed by atoms with van der Waals surface area (Å²) >= 11 is 5.70. The number of anilines is 1. The lowest BCUT2D eigenvalue weighted by Gasteiger charge is -2.08. The molecule has 0 saturated carbocycles. The van der Waals surface area contributed by atoms with Crippen LogP contribution in [0.3, 0.4) is 0 Å². The van der Waals surface area contributed by atoms with Crippen molar-refractivity contribution in [3.05, 3.63) is 41.4 Å². The second-order valence-electron chi connectivity index (χ2n) is 2.94. The molecule has 0 bridgehead atoms. The zero-order valence-corrected chi connectivity index (χ0v) is 8.79. The van der Waals surface area contributed by atoms with Gasteiger partial charge >= 0.3 is 0 Å². The van der Waals surface area contributed by atoms with Crippen molar-refractivity contribution in [3.63, 3.8) is 0 Å². The third kappa shape index (κ3) is 1.68. The SMILES string of the molecule is CNc1nccn1-c1cccc(Cl)c1F. The summed E-state index contributed by atoms with van der Waals surface area (Å²) in [6, 6.07) is 4.85. The summed E-state index contributed by atoms with van der Waals surface area (Å²) in [6.07, 6.45) is 3.26. The van der Waals surface area contributed by atoms with E-state index in [1.165, 1.54) is 6.07 Å². The van der Waals surface area contributed by atoms with Crippen LogP contribution in [0.4, 0.5) is 10.3 Å². The zero-order valence-electron chi connectivity index (χ0n) is 8.04. The average molecular weight is 226 g/mol. The van der Waals surface area contributed by atoms with Gasteiger partial charge in [-0.25, -0.2) is 9.37 Å². The van der Waals surface area contributed by atoms with Gasteiger partial charge in [-0.05, 0) is 12.1 Å². The molecule has 2 aromatic rings. The van der Waals surface area contributed by atoms with Gasteiger partial charge in [0.05, 0.1) is 10.7 Å². The van der Waals surface area contributed by atoms with Crippen LogP contribution in [-0.4, -0.2) is 16.6 Å². The topological polar surface area (TPSA) is 29.9 Å². The summed E-state index contributed by atoms with van der Waals surface area (Å²) in [4.78, 5) is 4.02. The second kappa shape index (κ2) is 3.90. The largest absolute Gasteiger partial charge is 0.358 e. The van der Waals surface area contributed by atoms with Crippen molar-refractivity contribution in [1.82, 2.24) is 9.55 Å². The molecule has 0 aliphatic rings. The van der Waals surface area contributed by atoms with E-state index in [1.54, 1.807) is 36.1 Å². The number of nitrogens with one attached hydrogen (secondary N) is 1. The van der Waals surface area contributed by atoms with Crippen LogP contribution >= 0.6 is 11.6 Å². The van der Waals surface area contributed by atoms with Crippen LogP contribution < -0.4 is 5.32 Å². The third-order valence-electron chi connectivity index (χ3n) is 2.06. The van der Waals surface area contributed by atoms with E-state index in [2.05, 4.69) is 10.3 Å². The van der Waals surface area contributed by atoms with Gasteiger partial charge in [0.2, 0.25) is 5.95 Å². The van der Waals surface area contributed by atoms with Crippen LogP contribution in [0.2, 0.25) is 5.02 Å². The maximum Gasteiger partial charge on any atom is 0.207 e. The lowest BCUT2D eigenvalue weighted by Crippen LogP contribution is -2.02. The van der Waals surface area contributed by atoms with E-state index in [0.717, 1.165) is 0 Å². The Balaban J connectivity index is 2.59. The van der Waals surface area contributed by atoms with Crippen LogP contribution in [0, 0.1) is 5.82 Å². The quantitative estimate of drug-likeness (QED) is 0.852. The number of imidazole rings is 1. The predicted octanol–water partition coefficient (Wildman–Crippen LogP) is 2.71. The molecule has 1 N–H and O–H groups in total. The van der Waals surface area contributed by atoms with Gasteiger partial charge in [-0.2, -0.15) is 0 Å². The van der Waals surface area contributed by atoms with Crippen molar-refractivity contribution in [3.8, 4) is 5.69 Å². The molecule has 0 spiro atoms. The number of halogens is 2. The molecule has 0 radical (unpaired) electrons. The summed E-state index contributed by atoms with van der Waals surface area (Å²) in [5, 5.41) is 2.96. The van der Waals surface area contributed by atoms with Crippen molar-refractivity contribution < 1.29 is 4.39 Å². The third-order valence-corrected chi connectivity index (χ3v) is 2.35. The van der Waals surface area contributed by atoms with Crippen molar-refractivity contribution >= 4 is 17.5 Å². The fraction of sp³-hybridized carbons (Fsp3) is 0.100. The number of hydrogen-bond donors (Lipinski definition) is 1. The molecule has 3 nitrogen and oxygen atoms in total. The molecule has 15 heavy (non-hydrogen) atoms. The zero-order chi connectivity index (χ0) is 10.8. The highest BCUT2D eigenvalue weighted by atomic mass is 35.5. The van der Waals surface area contributed by atoms with Gasteiger partial charge in [0.1, 0.15) is 0 Å². The molecule has 2 rings (SSSR count). The second-order valence-corrected chi connectivity index (χ2v) is 3.35. The maximum absolute atomic E-state index is 13.7. The van der Waals surface area contributed by atoms with Crippen molar-refractivity contribution in [1.29, 1.82) is 0 Å². The van der Waals surface area contributed by atoms with E-state index < -0.39 is 5.82 Å². The molecule has 1 aromatic heterocycles. The minimum Gasteiger partial charge on any atom is -0.358 e. The van der Waals surface area contributed by atoms with E-state index in [1.807, 2.05) is 0 Å². The van der Waals surface area contributed by atoms with Gasteiger partial charge in [0, 0.05) is 19.4 Å². The lowest BCUT2D eigenvalue weighted by atomic mass is 10.3. The first kappa shape index (κ1) is 9.98. The number of aromatic nitrogens is 2. The minimum atomic E-state index is -0.450. The minimum absolute atomic E-state index is 0.100. The van der Waals surface area contributed by atoms with Gasteiger partial charge in [-0.1, -0.05) is 17.7 Å². The summed E-state index contributed by atoms with van der Waals surface area (Å²) < 4.78 is 15.3. The highest BCUT2D eigenvalue weighted by molar-refractivity contribution is 6.30. The summed E-state index contributed by atoms with van der Waals surface area (Å²) in [5.41, 5.74) is 0.379. The van der Waals surface area contributed by atoms with E-state index >= 15 is 0 Å². The lowest BCUT2D eigenvalue weighted by molar-refractivity contribution is 0.619. The highest BCUT2D eigenvalue weighted by Gasteiger charge is 2.10. The number of rotatable bonds is 2. The fourth-order valence-electron chi connectivity index (χ4n) is 1.36. The molecule has 0 atom stereocenters. The maximum atomic E-state index is 13.7. The normalized spacial score (nSPS) is 10.3. The Labute approximate surface area is 91.5 Å². The van der Waals surface area contributed by atoms with Crippen molar-refractivity contribution in [2.75, 3.05) is 12.4 Å². The number of hydrogen-bond acceptors (Lipinski definition) is 2. The standard InChI is InChI=1S/C10H9ClFN3/c1-13-10-14-5-6-15(10)8-4-2-3-7(11)9(8)12/h2-6H,1H3,(H,13,14). The summed E-state index contributed by atoms with van der Waals surface area (Å²) in [5.74, 6) is 0.116. The van der Waals surface area contributed by atoms with Crippen molar-refractivity contribution in [2.45, 2.75) is 0 Å². The molecule has 0 fully saturated rings. The van der Waals surface area contributed by atoms with E-state index in [4.69, 9.17) is 11.6 Å². The van der Waals surface area contributed by atoms with E-state index in [-0.39, 0.29) is 5.02 Å². The molecule has 1 aromatic carbocycles. The molecule has 0 aliphatic carbocycles.